The van der Waals surface area contributed by atoms with E-state index in [0.717, 1.165) is 33.8 Å². The molecule has 2 aromatic rings. The molecule has 344 valence electrons. The Morgan fingerprint density at radius 1 is 1.03 bits per heavy atom. The number of ketones is 2. The van der Waals surface area contributed by atoms with Crippen LogP contribution in [0.15, 0.2) is 90.7 Å². The topological polar surface area (TPSA) is 214 Å². The molecular weight excluding hydrogens is 838 g/mol. The zero-order valence-electron chi connectivity index (χ0n) is 37.0. The normalized spacial score (nSPS) is 33.0. The third-order valence-corrected chi connectivity index (χ3v) is 15.1. The number of amides is 4. The maximum absolute atomic E-state index is 17.8. The second-order valence-electron chi connectivity index (χ2n) is 18.9. The molecule has 1 aromatic heterocycles. The summed E-state index contributed by atoms with van der Waals surface area (Å²) in [6.07, 6.45) is 7.38. The van der Waals surface area contributed by atoms with E-state index in [4.69, 9.17) is 9.47 Å². The average Bonchev–Trinajstić information content (AvgIpc) is 3.91. The zero-order chi connectivity index (χ0) is 46.6. The molecule has 15 nitrogen and oxygen atoms in total. The molecule has 5 N–H and O–H groups in total. The smallest absolute Gasteiger partial charge is 0.253 e. The number of fused-ring (bicyclic) bond motifs is 7. The van der Waals surface area contributed by atoms with Crippen molar-refractivity contribution in [1.82, 2.24) is 15.2 Å². The molecular formula is C49H56FN5O10. The van der Waals surface area contributed by atoms with Crippen LogP contribution in [0.1, 0.15) is 83.6 Å². The lowest BCUT2D eigenvalue weighted by molar-refractivity contribution is -0.231. The van der Waals surface area contributed by atoms with Crippen LogP contribution in [0.5, 0.6) is 0 Å². The number of ether oxygens (including phenoxy) is 2. The highest BCUT2D eigenvalue weighted by Crippen LogP contribution is 2.72. The Labute approximate surface area is 376 Å². The van der Waals surface area contributed by atoms with Gasteiger partial charge in [0.05, 0.1) is 18.2 Å². The van der Waals surface area contributed by atoms with Crippen molar-refractivity contribution < 1.29 is 52.8 Å². The molecule has 0 radical (unpaired) electrons. The fourth-order valence-corrected chi connectivity index (χ4v) is 11.4. The van der Waals surface area contributed by atoms with Crippen molar-refractivity contribution in [3.63, 3.8) is 0 Å². The lowest BCUT2D eigenvalue weighted by Gasteiger charge is -2.62. The van der Waals surface area contributed by atoms with Gasteiger partial charge >= 0.3 is 0 Å². The summed E-state index contributed by atoms with van der Waals surface area (Å²) in [7, 11) is 0. The maximum Gasteiger partial charge on any atom is 0.253 e. The lowest BCUT2D eigenvalue weighted by Crippen LogP contribution is -2.69. The number of imide groups is 1. The van der Waals surface area contributed by atoms with Crippen LogP contribution >= 0.6 is 0 Å². The predicted octanol–water partition coefficient (Wildman–Crippen LogP) is 4.73. The molecule has 2 aliphatic heterocycles. The summed E-state index contributed by atoms with van der Waals surface area (Å²) in [6, 6.07) is 9.79. The van der Waals surface area contributed by atoms with E-state index < -0.39 is 88.6 Å². The number of carbonyl (C=O) groups is 6. The fraction of sp³-hybridized carbons (Fsp3) is 0.490. The molecule has 16 heteroatoms. The summed E-state index contributed by atoms with van der Waals surface area (Å²) < 4.78 is 30.9. The molecule has 4 fully saturated rings. The van der Waals surface area contributed by atoms with Crippen LogP contribution in [-0.2, 0) is 44.8 Å². The number of benzene rings is 1. The molecule has 0 spiro atoms. The van der Waals surface area contributed by atoms with Crippen LogP contribution in [0.3, 0.4) is 0 Å². The van der Waals surface area contributed by atoms with E-state index in [1.54, 1.807) is 37.4 Å². The van der Waals surface area contributed by atoms with Gasteiger partial charge in [0.1, 0.15) is 12.4 Å². The number of aliphatic hydroxyl groups excluding tert-OH is 2. The summed E-state index contributed by atoms with van der Waals surface area (Å²) in [5, 5.41) is 30.8. The van der Waals surface area contributed by atoms with Crippen LogP contribution in [0.2, 0.25) is 0 Å². The number of aromatic nitrogens is 1. The number of nitrogens with one attached hydrogen (secondary N) is 3. The number of aliphatic hydroxyl groups is 2. The Balaban J connectivity index is 0.835. The lowest BCUT2D eigenvalue weighted by atomic mass is 9.44. The maximum atomic E-state index is 17.8. The Kier molecular flexibility index (Phi) is 12.2. The van der Waals surface area contributed by atoms with E-state index in [1.165, 1.54) is 6.92 Å². The quantitative estimate of drug-likeness (QED) is 0.154. The summed E-state index contributed by atoms with van der Waals surface area (Å²) in [4.78, 5) is 80.9. The number of alkyl halides is 1. The van der Waals surface area contributed by atoms with Gasteiger partial charge in [-0.05, 0) is 80.9 Å². The largest absolute Gasteiger partial charge is 0.390 e. The van der Waals surface area contributed by atoms with Crippen molar-refractivity contribution in [2.45, 2.75) is 109 Å². The molecule has 11 atom stereocenters. The highest BCUT2D eigenvalue weighted by molar-refractivity contribution is 6.13. The number of nitrogens with zero attached hydrogens (tertiary/aromatic N) is 2. The van der Waals surface area contributed by atoms with Crippen LogP contribution in [0.25, 0.3) is 0 Å². The van der Waals surface area contributed by atoms with Crippen molar-refractivity contribution in [2.24, 2.45) is 28.6 Å². The number of carbonyl (C=O) groups excluding carboxylic acids is 6. The first-order valence-electron chi connectivity index (χ1n) is 22.2. The average molecular weight is 894 g/mol. The van der Waals surface area contributed by atoms with Crippen LogP contribution in [0, 0.1) is 28.6 Å². The first-order valence-corrected chi connectivity index (χ1v) is 22.2. The molecule has 4 amide bonds. The third-order valence-electron chi connectivity index (χ3n) is 15.1. The minimum absolute atomic E-state index is 0.0477. The molecule has 1 aromatic carbocycles. The molecule has 3 saturated carbocycles. The van der Waals surface area contributed by atoms with Gasteiger partial charge in [0.2, 0.25) is 11.8 Å². The Morgan fingerprint density at radius 3 is 2.43 bits per heavy atom. The van der Waals surface area contributed by atoms with Crippen LogP contribution in [0.4, 0.5) is 15.9 Å². The molecule has 65 heavy (non-hydrogen) atoms. The van der Waals surface area contributed by atoms with Gasteiger partial charge < -0.3 is 35.6 Å². The van der Waals surface area contributed by atoms with Gasteiger partial charge in [-0.2, -0.15) is 0 Å². The van der Waals surface area contributed by atoms with Gasteiger partial charge in [0.25, 0.3) is 11.8 Å². The van der Waals surface area contributed by atoms with E-state index >= 15 is 4.39 Å². The SMILES string of the molecule is C=C1C=C[C@@]2(C)C(=C1)CC[C@H]1[C@@H]3C[C@H]4OC(c5ccc(NCc6ccc(NC(=O)[C@H](C)CC(=O)[C@H](C)NC(=O)CCN7C(=O)C=CC7=O)cc6)nc5)O[C@@]4(C(=O)CO)[C@@]3(C)C[C@H](O)[C@@]12F. The molecule has 0 bridgehead atoms. The van der Waals surface area contributed by atoms with Gasteiger partial charge in [0, 0.05) is 78.2 Å². The first kappa shape index (κ1) is 45.9. The zero-order valence-corrected chi connectivity index (χ0v) is 37.0. The van der Waals surface area contributed by atoms with Crippen LogP contribution in [-0.4, -0.2) is 98.0 Å². The highest BCUT2D eigenvalue weighted by Gasteiger charge is 2.79. The van der Waals surface area contributed by atoms with Crippen molar-refractivity contribution >= 4 is 46.7 Å². The van der Waals surface area contributed by atoms with Crippen molar-refractivity contribution in [3.05, 3.63) is 102 Å². The minimum Gasteiger partial charge on any atom is -0.390 e. The Hall–Kier alpha value is -5.68. The molecule has 6 aliphatic rings. The minimum atomic E-state index is -1.99. The molecule has 1 unspecified atom stereocenters. The fourth-order valence-electron chi connectivity index (χ4n) is 11.4. The summed E-state index contributed by atoms with van der Waals surface area (Å²) in [5.74, 6) is -3.84. The van der Waals surface area contributed by atoms with E-state index in [2.05, 4.69) is 27.5 Å². The van der Waals surface area contributed by atoms with Gasteiger partial charge in [-0.3, -0.25) is 33.7 Å². The third kappa shape index (κ3) is 7.77. The van der Waals surface area contributed by atoms with Gasteiger partial charge in [-0.25, -0.2) is 9.37 Å². The Morgan fingerprint density at radius 2 is 1.75 bits per heavy atom. The second kappa shape index (κ2) is 17.3. The highest BCUT2D eigenvalue weighted by atomic mass is 19.1. The molecule has 4 aliphatic carbocycles. The Bertz CT molecular complexity index is 2380. The van der Waals surface area contributed by atoms with E-state index in [0.29, 0.717) is 42.9 Å². The summed E-state index contributed by atoms with van der Waals surface area (Å²) in [5.41, 5.74) is -1.99. The van der Waals surface area contributed by atoms with Gasteiger partial charge in [-0.1, -0.05) is 56.4 Å². The predicted molar refractivity (Wildman–Crippen MR) is 235 cm³/mol. The van der Waals surface area contributed by atoms with Crippen LogP contribution < -0.4 is 16.0 Å². The number of pyridine rings is 1. The number of hydrogen-bond donors (Lipinski definition) is 5. The molecule has 1 saturated heterocycles. The summed E-state index contributed by atoms with van der Waals surface area (Å²) in [6.45, 7) is 10.4. The number of Topliss-reactive ketones (excluding diaryl/α,β-unsaturated/α-hetero) is 2. The molecule has 3 heterocycles. The second-order valence-corrected chi connectivity index (χ2v) is 18.9. The van der Waals surface area contributed by atoms with E-state index in [9.17, 15) is 39.0 Å². The monoisotopic (exact) mass is 893 g/mol. The standard InChI is InChI=1S/C49H56FN5O10/c1-27-16-18-46(4)32(20-27)9-12-34-35-22-39-49(38(59)26-56,47(35,5)23-37(58)48(34,46)50)65-45(64-39)31-8-13-40(52-25-31)51-24-30-6-10-33(11-7-30)54-44(63)28(2)21-36(57)29(3)53-41(60)17-19-55-42(61)14-15-43(55)62/h6-8,10-11,13-16,18,20,25,28-29,34-35,37,39,45,56,58H,1,9,12,17,19,21-24,26H2,2-5H3,(H,51,52)(H,53,60)(H,54,63)/t28-,29+,34+,35+,37+,39-,45?,46+,47+,48+,49-/m1/s1. The van der Waals surface area contributed by atoms with Gasteiger partial charge in [-0.15, -0.1) is 0 Å². The number of allylic oxidation sites excluding steroid dienone is 5. The van der Waals surface area contributed by atoms with E-state index in [1.807, 2.05) is 44.2 Å². The first-order chi connectivity index (χ1) is 30.8. The number of hydrogen-bond acceptors (Lipinski definition) is 12. The van der Waals surface area contributed by atoms with Gasteiger partial charge in [0.15, 0.2) is 29.1 Å². The summed E-state index contributed by atoms with van der Waals surface area (Å²) >= 11 is 0. The van der Waals surface area contributed by atoms with E-state index in [-0.39, 0.29) is 43.4 Å². The number of halogens is 1. The number of rotatable bonds is 15. The van der Waals surface area contributed by atoms with Crippen molar-refractivity contribution in [1.29, 1.82) is 0 Å². The van der Waals surface area contributed by atoms with Crippen molar-refractivity contribution in [2.75, 3.05) is 23.8 Å². The molecule has 8 rings (SSSR count). The number of anilines is 2. The van der Waals surface area contributed by atoms with Crippen molar-refractivity contribution in [3.8, 4) is 0 Å².